The van der Waals surface area contributed by atoms with Gasteiger partial charge in [0, 0.05) is 34.6 Å². The van der Waals surface area contributed by atoms with E-state index >= 15 is 0 Å². The summed E-state index contributed by atoms with van der Waals surface area (Å²) in [6.45, 7) is 0. The Morgan fingerprint density at radius 3 is 2.48 bits per heavy atom. The number of nitrogens with one attached hydrogen (secondary N) is 3. The normalized spacial score (nSPS) is 11.2. The summed E-state index contributed by atoms with van der Waals surface area (Å²) in [6, 6.07) is 21.0. The number of fused-ring (bicyclic) bond motifs is 2. The summed E-state index contributed by atoms with van der Waals surface area (Å²) in [5, 5.41) is 10.3. The summed E-state index contributed by atoms with van der Waals surface area (Å²) in [7, 11) is 0. The molecule has 5 heterocycles. The zero-order valence-corrected chi connectivity index (χ0v) is 20.8. The number of H-pyrrole nitrogens is 2. The van der Waals surface area contributed by atoms with Crippen LogP contribution in [-0.4, -0.2) is 41.0 Å². The summed E-state index contributed by atoms with van der Waals surface area (Å²) >= 11 is 0. The number of pyridine rings is 3. The number of aromatic nitrogens is 7. The number of carbonyl (C=O) groups is 1. The monoisotopic (exact) mass is 526 g/mol. The average Bonchev–Trinajstić information content (AvgIpc) is 3.62. The smallest absolute Gasteiger partial charge is 0.255 e. The van der Waals surface area contributed by atoms with Crippen LogP contribution in [0.25, 0.3) is 56.0 Å². The van der Waals surface area contributed by atoms with Crippen molar-refractivity contribution in [3.63, 3.8) is 0 Å². The second-order valence-electron chi connectivity index (χ2n) is 9.10. The molecule has 40 heavy (non-hydrogen) atoms. The van der Waals surface area contributed by atoms with Crippen LogP contribution in [0, 0.1) is 5.82 Å². The van der Waals surface area contributed by atoms with Gasteiger partial charge in [-0.3, -0.25) is 19.9 Å². The molecule has 9 nitrogen and oxygen atoms in total. The van der Waals surface area contributed by atoms with Crippen molar-refractivity contribution < 1.29 is 9.18 Å². The van der Waals surface area contributed by atoms with Gasteiger partial charge in [-0.25, -0.2) is 14.4 Å². The lowest BCUT2D eigenvalue weighted by Gasteiger charge is -2.07. The molecule has 0 spiro atoms. The fraction of sp³-hybridized carbons (Fsp3) is 0. The second-order valence-corrected chi connectivity index (χ2v) is 9.10. The van der Waals surface area contributed by atoms with E-state index in [0.717, 1.165) is 5.56 Å². The molecular weight excluding hydrogens is 507 g/mol. The Labute approximate surface area is 226 Å². The summed E-state index contributed by atoms with van der Waals surface area (Å²) in [5.41, 5.74) is 6.49. The highest BCUT2D eigenvalue weighted by Gasteiger charge is 2.18. The van der Waals surface area contributed by atoms with Crippen LogP contribution in [-0.2, 0) is 0 Å². The van der Waals surface area contributed by atoms with Gasteiger partial charge in [0.05, 0.1) is 34.8 Å². The largest absolute Gasteiger partial charge is 0.335 e. The van der Waals surface area contributed by atoms with E-state index in [9.17, 15) is 9.18 Å². The van der Waals surface area contributed by atoms with E-state index in [4.69, 9.17) is 9.97 Å². The van der Waals surface area contributed by atoms with Gasteiger partial charge in [-0.2, -0.15) is 5.10 Å². The fourth-order valence-corrected chi connectivity index (χ4v) is 4.59. The molecule has 0 atom stereocenters. The first-order valence-electron chi connectivity index (χ1n) is 12.4. The quantitative estimate of drug-likeness (QED) is 0.252. The molecular formula is C30H19FN8O. The van der Waals surface area contributed by atoms with Crippen molar-refractivity contribution in [2.75, 3.05) is 5.32 Å². The molecule has 0 aliphatic carbocycles. The number of benzene rings is 2. The number of hydrogen-bond donors (Lipinski definition) is 3. The minimum absolute atomic E-state index is 0.228. The number of amides is 1. The molecule has 7 aromatic rings. The maximum absolute atomic E-state index is 14.6. The molecule has 192 valence electrons. The van der Waals surface area contributed by atoms with Gasteiger partial charge in [-0.15, -0.1) is 0 Å². The predicted octanol–water partition coefficient (Wildman–Crippen LogP) is 6.02. The van der Waals surface area contributed by atoms with Crippen molar-refractivity contribution in [3.8, 4) is 33.9 Å². The van der Waals surface area contributed by atoms with Gasteiger partial charge >= 0.3 is 0 Å². The molecule has 7 rings (SSSR count). The van der Waals surface area contributed by atoms with Crippen LogP contribution in [0.4, 0.5) is 10.1 Å². The van der Waals surface area contributed by atoms with Crippen molar-refractivity contribution >= 4 is 33.7 Å². The highest BCUT2D eigenvalue weighted by Crippen LogP contribution is 2.32. The SMILES string of the molecule is O=C(Nc1cncc(-c2ccc3[nH]nc(-c4nc5c(-c6ccccc6F)cncc5[nH]4)c3n2)c1)c1ccccc1. The summed E-state index contributed by atoms with van der Waals surface area (Å²) < 4.78 is 14.6. The Morgan fingerprint density at radius 1 is 0.775 bits per heavy atom. The molecule has 3 N–H and O–H groups in total. The minimum Gasteiger partial charge on any atom is -0.335 e. The van der Waals surface area contributed by atoms with E-state index < -0.39 is 0 Å². The van der Waals surface area contributed by atoms with Crippen LogP contribution in [0.2, 0.25) is 0 Å². The molecule has 2 aromatic carbocycles. The number of anilines is 1. The third kappa shape index (κ3) is 4.13. The molecule has 0 fully saturated rings. The Balaban J connectivity index is 1.26. The van der Waals surface area contributed by atoms with E-state index in [0.29, 0.717) is 61.7 Å². The molecule has 0 unspecified atom stereocenters. The summed E-state index contributed by atoms with van der Waals surface area (Å²) in [4.78, 5) is 34.0. The van der Waals surface area contributed by atoms with Crippen molar-refractivity contribution in [1.82, 2.24) is 35.1 Å². The topological polar surface area (TPSA) is 125 Å². The van der Waals surface area contributed by atoms with Crippen molar-refractivity contribution in [2.45, 2.75) is 0 Å². The van der Waals surface area contributed by atoms with Gasteiger partial charge in [0.15, 0.2) is 11.5 Å². The van der Waals surface area contributed by atoms with E-state index in [1.54, 1.807) is 55.1 Å². The number of rotatable bonds is 5. The Kier molecular flexibility index (Phi) is 5.56. The van der Waals surface area contributed by atoms with Gasteiger partial charge in [0.2, 0.25) is 0 Å². The average molecular weight is 527 g/mol. The molecule has 0 aliphatic rings. The molecule has 0 saturated heterocycles. The number of hydrogen-bond acceptors (Lipinski definition) is 6. The van der Waals surface area contributed by atoms with Gasteiger partial charge < -0.3 is 10.3 Å². The standard InChI is InChI=1S/C30H19FN8O/c31-22-9-5-4-8-20(22)21-15-33-16-25-26(21)37-29(36-25)28-27-24(38-39-28)11-10-23(35-27)18-12-19(14-32-13-18)34-30(40)17-6-2-1-3-7-17/h1-16H,(H,34,40)(H,36,37)(H,38,39). The first-order chi connectivity index (χ1) is 19.6. The van der Waals surface area contributed by atoms with Gasteiger partial charge in [0.25, 0.3) is 5.91 Å². The highest BCUT2D eigenvalue weighted by molar-refractivity contribution is 6.04. The number of aromatic amines is 2. The Bertz CT molecular complexity index is 2030. The van der Waals surface area contributed by atoms with Gasteiger partial charge in [-0.1, -0.05) is 36.4 Å². The molecule has 0 radical (unpaired) electrons. The van der Waals surface area contributed by atoms with Crippen LogP contribution in [0.3, 0.4) is 0 Å². The lowest BCUT2D eigenvalue weighted by atomic mass is 10.1. The lowest BCUT2D eigenvalue weighted by molar-refractivity contribution is 0.102. The lowest BCUT2D eigenvalue weighted by Crippen LogP contribution is -2.11. The van der Waals surface area contributed by atoms with Crippen molar-refractivity contribution in [1.29, 1.82) is 0 Å². The third-order valence-electron chi connectivity index (χ3n) is 6.52. The van der Waals surface area contributed by atoms with Crippen molar-refractivity contribution in [2.24, 2.45) is 0 Å². The van der Waals surface area contributed by atoms with E-state index in [1.165, 1.54) is 6.07 Å². The van der Waals surface area contributed by atoms with Crippen LogP contribution in [0.5, 0.6) is 0 Å². The van der Waals surface area contributed by atoms with E-state index in [-0.39, 0.29) is 11.7 Å². The molecule has 0 bridgehead atoms. The summed E-state index contributed by atoms with van der Waals surface area (Å²) in [5.74, 6) is -0.110. The fourth-order valence-electron chi connectivity index (χ4n) is 4.59. The minimum atomic E-state index is -0.353. The molecule has 5 aromatic heterocycles. The zero-order valence-electron chi connectivity index (χ0n) is 20.8. The predicted molar refractivity (Wildman–Crippen MR) is 150 cm³/mol. The molecule has 10 heteroatoms. The molecule has 1 amide bonds. The first kappa shape index (κ1) is 23.4. The van der Waals surface area contributed by atoms with Crippen molar-refractivity contribution in [3.05, 3.63) is 109 Å². The maximum Gasteiger partial charge on any atom is 0.255 e. The van der Waals surface area contributed by atoms with Crippen LogP contribution in [0.1, 0.15) is 10.4 Å². The Hall–Kier alpha value is -5.77. The number of nitrogens with zero attached hydrogens (tertiary/aromatic N) is 5. The summed E-state index contributed by atoms with van der Waals surface area (Å²) in [6.07, 6.45) is 6.51. The van der Waals surface area contributed by atoms with Gasteiger partial charge in [0.1, 0.15) is 16.9 Å². The molecule has 0 saturated carbocycles. The Morgan fingerprint density at radius 2 is 1.60 bits per heavy atom. The van der Waals surface area contributed by atoms with Crippen LogP contribution in [0.15, 0.2) is 97.6 Å². The number of carbonyl (C=O) groups excluding carboxylic acids is 1. The zero-order chi connectivity index (χ0) is 27.1. The van der Waals surface area contributed by atoms with Gasteiger partial charge in [-0.05, 0) is 36.4 Å². The highest BCUT2D eigenvalue weighted by atomic mass is 19.1. The molecule has 0 aliphatic heterocycles. The first-order valence-corrected chi connectivity index (χ1v) is 12.4. The van der Waals surface area contributed by atoms with Crippen LogP contribution < -0.4 is 5.32 Å². The number of halogens is 1. The van der Waals surface area contributed by atoms with Crippen LogP contribution >= 0.6 is 0 Å². The van der Waals surface area contributed by atoms with E-state index in [1.807, 2.05) is 36.4 Å². The number of imidazole rings is 1. The van der Waals surface area contributed by atoms with E-state index in [2.05, 4.69) is 30.5 Å². The third-order valence-corrected chi connectivity index (χ3v) is 6.52. The second kappa shape index (κ2) is 9.52. The maximum atomic E-state index is 14.6.